The van der Waals surface area contributed by atoms with Gasteiger partial charge in [0.15, 0.2) is 0 Å². The fourth-order valence-corrected chi connectivity index (χ4v) is 3.36. The Labute approximate surface area is 108 Å². The third-order valence-corrected chi connectivity index (χ3v) is 4.38. The maximum Gasteiger partial charge on any atom is 0.201 e. The second kappa shape index (κ2) is 4.01. The van der Waals surface area contributed by atoms with E-state index in [1.165, 1.54) is 43.2 Å². The average Bonchev–Trinajstić information content (AvgIpc) is 2.68. The third-order valence-electron chi connectivity index (χ3n) is 4.38. The Morgan fingerprint density at radius 1 is 1.22 bits per heavy atom. The summed E-state index contributed by atoms with van der Waals surface area (Å²) in [5.74, 6) is 0.670. The van der Waals surface area contributed by atoms with Crippen LogP contribution in [0, 0.1) is 6.92 Å². The molecule has 18 heavy (non-hydrogen) atoms. The van der Waals surface area contributed by atoms with Gasteiger partial charge in [-0.2, -0.15) is 0 Å². The van der Waals surface area contributed by atoms with Gasteiger partial charge in [-0.15, -0.1) is 0 Å². The highest BCUT2D eigenvalue weighted by Crippen LogP contribution is 2.38. The van der Waals surface area contributed by atoms with E-state index in [-0.39, 0.29) is 5.54 Å². The first-order valence-electron chi connectivity index (χ1n) is 6.86. The van der Waals surface area contributed by atoms with Crippen LogP contribution in [0.15, 0.2) is 18.2 Å². The SMILES string of the molecule is Cc1cccc2c1nc(N)n2C1(C)CCCCC1. The van der Waals surface area contributed by atoms with Crippen molar-refractivity contribution in [3.63, 3.8) is 0 Å². The Hall–Kier alpha value is -1.51. The lowest BCUT2D eigenvalue weighted by Gasteiger charge is -2.36. The number of hydrogen-bond donors (Lipinski definition) is 1. The molecule has 0 radical (unpaired) electrons. The molecule has 1 aromatic carbocycles. The van der Waals surface area contributed by atoms with Crippen LogP contribution < -0.4 is 5.73 Å². The molecular weight excluding hydrogens is 222 g/mol. The molecular formula is C15H21N3. The van der Waals surface area contributed by atoms with Crippen molar-refractivity contribution < 1.29 is 0 Å². The van der Waals surface area contributed by atoms with Crippen molar-refractivity contribution in [2.45, 2.75) is 51.5 Å². The van der Waals surface area contributed by atoms with Gasteiger partial charge in [0.1, 0.15) is 0 Å². The smallest absolute Gasteiger partial charge is 0.201 e. The van der Waals surface area contributed by atoms with Crippen LogP contribution in [0.4, 0.5) is 5.95 Å². The summed E-state index contributed by atoms with van der Waals surface area (Å²) in [6, 6.07) is 6.34. The third kappa shape index (κ3) is 1.61. The maximum atomic E-state index is 6.19. The number of hydrogen-bond acceptors (Lipinski definition) is 2. The van der Waals surface area contributed by atoms with Crippen molar-refractivity contribution >= 4 is 17.0 Å². The summed E-state index contributed by atoms with van der Waals surface area (Å²) in [7, 11) is 0. The van der Waals surface area contributed by atoms with E-state index in [2.05, 4.69) is 41.6 Å². The molecule has 0 aliphatic heterocycles. The molecule has 3 heteroatoms. The van der Waals surface area contributed by atoms with Crippen LogP contribution in [-0.4, -0.2) is 9.55 Å². The first-order chi connectivity index (χ1) is 8.62. The Bertz CT molecular complexity index is 577. The van der Waals surface area contributed by atoms with Crippen LogP contribution in [0.5, 0.6) is 0 Å². The first-order valence-corrected chi connectivity index (χ1v) is 6.86. The number of nitrogen functional groups attached to an aromatic ring is 1. The predicted molar refractivity (Wildman–Crippen MR) is 75.6 cm³/mol. The van der Waals surface area contributed by atoms with Gasteiger partial charge in [0.05, 0.1) is 11.0 Å². The van der Waals surface area contributed by atoms with E-state index in [0.717, 1.165) is 5.52 Å². The number of para-hydroxylation sites is 1. The normalized spacial score (nSPS) is 19.2. The molecule has 3 rings (SSSR count). The predicted octanol–water partition coefficient (Wildman–Crippen LogP) is 3.61. The zero-order valence-corrected chi connectivity index (χ0v) is 11.2. The summed E-state index contributed by atoms with van der Waals surface area (Å²) in [4.78, 5) is 4.57. The molecule has 1 heterocycles. The summed E-state index contributed by atoms with van der Waals surface area (Å²) >= 11 is 0. The van der Waals surface area contributed by atoms with Gasteiger partial charge in [-0.25, -0.2) is 4.98 Å². The lowest BCUT2D eigenvalue weighted by Crippen LogP contribution is -2.33. The van der Waals surface area contributed by atoms with Gasteiger partial charge in [0.2, 0.25) is 5.95 Å². The van der Waals surface area contributed by atoms with Crippen LogP contribution in [-0.2, 0) is 5.54 Å². The molecule has 2 aromatic rings. The monoisotopic (exact) mass is 243 g/mol. The number of nitrogens with zero attached hydrogens (tertiary/aromatic N) is 2. The molecule has 0 amide bonds. The summed E-state index contributed by atoms with van der Waals surface area (Å²) in [6.07, 6.45) is 6.34. The first kappa shape index (κ1) is 11.6. The molecule has 96 valence electrons. The van der Waals surface area contributed by atoms with Gasteiger partial charge < -0.3 is 10.3 Å². The molecule has 0 unspecified atom stereocenters. The molecule has 1 aliphatic carbocycles. The van der Waals surface area contributed by atoms with Crippen LogP contribution in [0.25, 0.3) is 11.0 Å². The standard InChI is InChI=1S/C15H21N3/c1-11-7-6-8-12-13(11)17-14(16)18(12)15(2)9-4-3-5-10-15/h6-8H,3-5,9-10H2,1-2H3,(H2,16,17). The number of aromatic nitrogens is 2. The fourth-order valence-electron chi connectivity index (χ4n) is 3.36. The number of imidazole rings is 1. The Kier molecular flexibility index (Phi) is 2.58. The highest BCUT2D eigenvalue weighted by atomic mass is 15.2. The van der Waals surface area contributed by atoms with Crippen molar-refractivity contribution in [1.82, 2.24) is 9.55 Å². The zero-order valence-electron chi connectivity index (χ0n) is 11.2. The zero-order chi connectivity index (χ0) is 12.8. The van der Waals surface area contributed by atoms with E-state index < -0.39 is 0 Å². The Morgan fingerprint density at radius 3 is 2.67 bits per heavy atom. The minimum absolute atomic E-state index is 0.144. The summed E-state index contributed by atoms with van der Waals surface area (Å²) in [5.41, 5.74) is 9.79. The lowest BCUT2D eigenvalue weighted by atomic mass is 9.83. The van der Waals surface area contributed by atoms with Gasteiger partial charge in [0.25, 0.3) is 0 Å². The van der Waals surface area contributed by atoms with E-state index in [4.69, 9.17) is 5.73 Å². The van der Waals surface area contributed by atoms with Crippen LogP contribution in [0.3, 0.4) is 0 Å². The largest absolute Gasteiger partial charge is 0.369 e. The van der Waals surface area contributed by atoms with Gasteiger partial charge in [-0.05, 0) is 38.3 Å². The summed E-state index contributed by atoms with van der Waals surface area (Å²) in [5, 5.41) is 0. The Morgan fingerprint density at radius 2 is 1.94 bits per heavy atom. The second-order valence-electron chi connectivity index (χ2n) is 5.81. The molecule has 0 spiro atoms. The number of rotatable bonds is 1. The molecule has 0 saturated heterocycles. The van der Waals surface area contributed by atoms with Gasteiger partial charge in [0, 0.05) is 5.54 Å². The van der Waals surface area contributed by atoms with Gasteiger partial charge in [-0.3, -0.25) is 0 Å². The number of fused-ring (bicyclic) bond motifs is 1. The number of anilines is 1. The van der Waals surface area contributed by atoms with E-state index in [0.29, 0.717) is 5.95 Å². The number of aryl methyl sites for hydroxylation is 1. The van der Waals surface area contributed by atoms with Crippen molar-refractivity contribution in [1.29, 1.82) is 0 Å². The highest BCUT2D eigenvalue weighted by molar-refractivity contribution is 5.81. The van der Waals surface area contributed by atoms with Crippen molar-refractivity contribution in [3.05, 3.63) is 23.8 Å². The molecule has 1 aromatic heterocycles. The minimum Gasteiger partial charge on any atom is -0.369 e. The molecule has 2 N–H and O–H groups in total. The van der Waals surface area contributed by atoms with Crippen molar-refractivity contribution in [2.75, 3.05) is 5.73 Å². The molecule has 1 aliphatic rings. The van der Waals surface area contributed by atoms with Crippen LogP contribution >= 0.6 is 0 Å². The molecule has 3 nitrogen and oxygen atoms in total. The minimum atomic E-state index is 0.144. The van der Waals surface area contributed by atoms with E-state index >= 15 is 0 Å². The maximum absolute atomic E-state index is 6.19. The van der Waals surface area contributed by atoms with Gasteiger partial charge in [-0.1, -0.05) is 31.4 Å². The second-order valence-corrected chi connectivity index (χ2v) is 5.81. The number of nitrogens with two attached hydrogens (primary N) is 1. The number of benzene rings is 1. The van der Waals surface area contributed by atoms with E-state index in [9.17, 15) is 0 Å². The quantitative estimate of drug-likeness (QED) is 0.831. The van der Waals surface area contributed by atoms with Crippen LogP contribution in [0.1, 0.15) is 44.6 Å². The molecule has 0 atom stereocenters. The molecule has 0 bridgehead atoms. The van der Waals surface area contributed by atoms with Gasteiger partial charge >= 0.3 is 0 Å². The summed E-state index contributed by atoms with van der Waals surface area (Å²) in [6.45, 7) is 4.42. The van der Waals surface area contributed by atoms with Crippen molar-refractivity contribution in [2.24, 2.45) is 0 Å². The van der Waals surface area contributed by atoms with E-state index in [1.807, 2.05) is 0 Å². The topological polar surface area (TPSA) is 43.8 Å². The Balaban J connectivity index is 2.22. The molecule has 1 saturated carbocycles. The highest BCUT2D eigenvalue weighted by Gasteiger charge is 2.31. The lowest BCUT2D eigenvalue weighted by molar-refractivity contribution is 0.228. The fraction of sp³-hybridized carbons (Fsp3) is 0.533. The van der Waals surface area contributed by atoms with Crippen LogP contribution in [0.2, 0.25) is 0 Å². The average molecular weight is 243 g/mol. The van der Waals surface area contributed by atoms with E-state index in [1.54, 1.807) is 0 Å². The molecule has 1 fully saturated rings. The summed E-state index contributed by atoms with van der Waals surface area (Å²) < 4.78 is 2.27. The van der Waals surface area contributed by atoms with Crippen molar-refractivity contribution in [3.8, 4) is 0 Å².